The molecular formula is C16H18ClNO3. The summed E-state index contributed by atoms with van der Waals surface area (Å²) in [7, 11) is 0. The number of carbonyl (C=O) groups is 2. The van der Waals surface area contributed by atoms with Gasteiger partial charge in [-0.25, -0.2) is 4.79 Å². The maximum absolute atomic E-state index is 11.4. The summed E-state index contributed by atoms with van der Waals surface area (Å²) in [6.45, 7) is 5.78. The van der Waals surface area contributed by atoms with Crippen molar-refractivity contribution >= 4 is 24.0 Å². The smallest absolute Gasteiger partial charge is 0.407 e. The molecule has 0 heterocycles. The molecule has 1 amide bonds. The van der Waals surface area contributed by atoms with Gasteiger partial charge in [-0.2, -0.15) is 0 Å². The molecule has 0 saturated heterocycles. The zero-order chi connectivity index (χ0) is 15.9. The number of halogens is 1. The molecular weight excluding hydrogens is 290 g/mol. The molecule has 0 atom stereocenters. The Morgan fingerprint density at radius 3 is 2.76 bits per heavy atom. The molecule has 0 fully saturated rings. The summed E-state index contributed by atoms with van der Waals surface area (Å²) in [4.78, 5) is 22.1. The molecule has 0 spiro atoms. The predicted molar refractivity (Wildman–Crippen MR) is 82.6 cm³/mol. The molecule has 0 aliphatic heterocycles. The van der Waals surface area contributed by atoms with Gasteiger partial charge in [-0.3, -0.25) is 4.79 Å². The predicted octanol–water partition coefficient (Wildman–Crippen LogP) is 3.42. The summed E-state index contributed by atoms with van der Waals surface area (Å²) in [6.07, 6.45) is 0.734. The lowest BCUT2D eigenvalue weighted by Gasteiger charge is -2.19. The molecule has 0 aromatic heterocycles. The van der Waals surface area contributed by atoms with Crippen molar-refractivity contribution in [2.45, 2.75) is 32.8 Å². The van der Waals surface area contributed by atoms with Crippen LogP contribution in [0.1, 0.15) is 43.1 Å². The molecule has 4 nitrogen and oxygen atoms in total. The minimum Gasteiger partial charge on any atom is -0.444 e. The summed E-state index contributed by atoms with van der Waals surface area (Å²) in [6, 6.07) is 4.89. The topological polar surface area (TPSA) is 55.4 Å². The van der Waals surface area contributed by atoms with Crippen molar-refractivity contribution in [3.05, 3.63) is 34.3 Å². The molecule has 112 valence electrons. The molecule has 1 aromatic carbocycles. The standard InChI is InChI=1S/C16H18ClNO3/c1-16(2,3)21-15(20)18-9-5-4-6-13-10-12(11-19)7-8-14(13)17/h7-8,10-11H,5,9H2,1-3H3,(H,18,20). The van der Waals surface area contributed by atoms with Crippen molar-refractivity contribution in [2.75, 3.05) is 6.54 Å². The highest BCUT2D eigenvalue weighted by molar-refractivity contribution is 6.31. The van der Waals surface area contributed by atoms with Gasteiger partial charge in [0.05, 0.1) is 5.02 Å². The first kappa shape index (κ1) is 17.1. The molecule has 0 aliphatic carbocycles. The van der Waals surface area contributed by atoms with Crippen LogP contribution in [-0.2, 0) is 4.74 Å². The zero-order valence-electron chi connectivity index (χ0n) is 12.3. The van der Waals surface area contributed by atoms with Crippen LogP contribution in [-0.4, -0.2) is 24.5 Å². The van der Waals surface area contributed by atoms with Crippen LogP contribution < -0.4 is 5.32 Å². The first-order chi connectivity index (χ1) is 9.81. The number of amides is 1. The highest BCUT2D eigenvalue weighted by Crippen LogP contribution is 2.15. The van der Waals surface area contributed by atoms with Gasteiger partial charge in [0, 0.05) is 24.1 Å². The van der Waals surface area contributed by atoms with E-state index in [1.165, 1.54) is 0 Å². The average Bonchev–Trinajstić information content (AvgIpc) is 2.38. The van der Waals surface area contributed by atoms with Crippen molar-refractivity contribution in [1.82, 2.24) is 5.32 Å². The molecule has 5 heteroatoms. The third kappa shape index (κ3) is 6.82. The number of aldehydes is 1. The molecule has 0 unspecified atom stereocenters. The van der Waals surface area contributed by atoms with E-state index >= 15 is 0 Å². The summed E-state index contributed by atoms with van der Waals surface area (Å²) in [5.41, 5.74) is 0.604. The summed E-state index contributed by atoms with van der Waals surface area (Å²) < 4.78 is 5.09. The Morgan fingerprint density at radius 1 is 1.43 bits per heavy atom. The highest BCUT2D eigenvalue weighted by Gasteiger charge is 2.15. The van der Waals surface area contributed by atoms with Crippen molar-refractivity contribution < 1.29 is 14.3 Å². The normalized spacial score (nSPS) is 10.3. The Balaban J connectivity index is 2.47. The van der Waals surface area contributed by atoms with Gasteiger partial charge in [0.1, 0.15) is 11.9 Å². The van der Waals surface area contributed by atoms with Crippen LogP contribution in [0.3, 0.4) is 0 Å². The van der Waals surface area contributed by atoms with E-state index < -0.39 is 11.7 Å². The number of rotatable bonds is 3. The van der Waals surface area contributed by atoms with Gasteiger partial charge in [-0.15, -0.1) is 0 Å². The van der Waals surface area contributed by atoms with Gasteiger partial charge in [-0.1, -0.05) is 29.5 Å². The van der Waals surface area contributed by atoms with Gasteiger partial charge < -0.3 is 10.1 Å². The van der Waals surface area contributed by atoms with E-state index in [0.717, 1.165) is 6.29 Å². The molecule has 1 aromatic rings. The van der Waals surface area contributed by atoms with Crippen molar-refractivity contribution in [3.8, 4) is 11.8 Å². The number of hydrogen-bond acceptors (Lipinski definition) is 3. The van der Waals surface area contributed by atoms with E-state index in [1.54, 1.807) is 39.0 Å². The summed E-state index contributed by atoms with van der Waals surface area (Å²) in [5, 5.41) is 3.10. The fraction of sp³-hybridized carbons (Fsp3) is 0.375. The van der Waals surface area contributed by atoms with Crippen LogP contribution in [0.15, 0.2) is 18.2 Å². The first-order valence-corrected chi connectivity index (χ1v) is 6.90. The monoisotopic (exact) mass is 307 g/mol. The Morgan fingerprint density at radius 2 is 2.14 bits per heavy atom. The lowest BCUT2D eigenvalue weighted by molar-refractivity contribution is 0.0529. The lowest BCUT2D eigenvalue weighted by atomic mass is 10.1. The molecule has 1 N–H and O–H groups in total. The quantitative estimate of drug-likeness (QED) is 0.529. The van der Waals surface area contributed by atoms with Crippen LogP contribution in [0.2, 0.25) is 5.02 Å². The highest BCUT2D eigenvalue weighted by atomic mass is 35.5. The third-order valence-corrected chi connectivity index (χ3v) is 2.60. The third-order valence-electron chi connectivity index (χ3n) is 2.27. The van der Waals surface area contributed by atoms with E-state index in [-0.39, 0.29) is 0 Å². The Hall–Kier alpha value is -1.99. The Bertz CT molecular complexity index is 579. The molecule has 0 radical (unpaired) electrons. The van der Waals surface area contributed by atoms with Gasteiger partial charge in [-0.05, 0) is 32.9 Å². The van der Waals surface area contributed by atoms with Crippen LogP contribution in [0.5, 0.6) is 0 Å². The maximum atomic E-state index is 11.4. The first-order valence-electron chi connectivity index (χ1n) is 6.52. The fourth-order valence-corrected chi connectivity index (χ4v) is 1.58. The second-order valence-electron chi connectivity index (χ2n) is 5.34. The number of nitrogens with one attached hydrogen (secondary N) is 1. The minimum atomic E-state index is -0.515. The van der Waals surface area contributed by atoms with E-state index in [2.05, 4.69) is 17.2 Å². The largest absolute Gasteiger partial charge is 0.444 e. The van der Waals surface area contributed by atoms with Crippen molar-refractivity contribution in [2.24, 2.45) is 0 Å². The lowest BCUT2D eigenvalue weighted by Crippen LogP contribution is -2.32. The van der Waals surface area contributed by atoms with E-state index in [1.807, 2.05) is 0 Å². The van der Waals surface area contributed by atoms with Crippen molar-refractivity contribution in [1.29, 1.82) is 0 Å². The van der Waals surface area contributed by atoms with Crippen LogP contribution in [0.4, 0.5) is 4.79 Å². The van der Waals surface area contributed by atoms with Gasteiger partial charge in [0.2, 0.25) is 0 Å². The molecule has 1 rings (SSSR count). The second-order valence-corrected chi connectivity index (χ2v) is 5.74. The van der Waals surface area contributed by atoms with Gasteiger partial charge >= 0.3 is 6.09 Å². The Labute approximate surface area is 129 Å². The number of ether oxygens (including phenoxy) is 1. The second kappa shape index (κ2) is 7.70. The number of alkyl carbamates (subject to hydrolysis) is 1. The summed E-state index contributed by atoms with van der Waals surface area (Å²) in [5.74, 6) is 5.77. The summed E-state index contributed by atoms with van der Waals surface area (Å²) >= 11 is 5.98. The van der Waals surface area contributed by atoms with Gasteiger partial charge in [0.15, 0.2) is 0 Å². The molecule has 21 heavy (non-hydrogen) atoms. The molecule has 0 saturated carbocycles. The van der Waals surface area contributed by atoms with Crippen LogP contribution in [0.25, 0.3) is 0 Å². The fourth-order valence-electron chi connectivity index (χ4n) is 1.41. The maximum Gasteiger partial charge on any atom is 0.407 e. The van der Waals surface area contributed by atoms with Gasteiger partial charge in [0.25, 0.3) is 0 Å². The molecule has 0 bridgehead atoms. The van der Waals surface area contributed by atoms with E-state index in [0.29, 0.717) is 29.1 Å². The van der Waals surface area contributed by atoms with Crippen LogP contribution in [0, 0.1) is 11.8 Å². The SMILES string of the molecule is CC(C)(C)OC(=O)NCCC#Cc1cc(C=O)ccc1Cl. The Kier molecular flexibility index (Phi) is 6.26. The van der Waals surface area contributed by atoms with Crippen molar-refractivity contribution in [3.63, 3.8) is 0 Å². The van der Waals surface area contributed by atoms with E-state index in [4.69, 9.17) is 16.3 Å². The van der Waals surface area contributed by atoms with E-state index in [9.17, 15) is 9.59 Å². The zero-order valence-corrected chi connectivity index (χ0v) is 13.1. The van der Waals surface area contributed by atoms with Crippen LogP contribution >= 0.6 is 11.6 Å². The molecule has 0 aliphatic rings. The number of carbonyl (C=O) groups excluding carboxylic acids is 2. The average molecular weight is 308 g/mol. The number of hydrogen-bond donors (Lipinski definition) is 1. The number of benzene rings is 1. The minimum absolute atomic E-state index is 0.382.